The predicted molar refractivity (Wildman–Crippen MR) is 153 cm³/mol. The summed E-state index contributed by atoms with van der Waals surface area (Å²) in [5.74, 6) is -2.14. The minimum Gasteiger partial charge on any atom is -0.466 e. The van der Waals surface area contributed by atoms with E-state index >= 15 is 0 Å². The summed E-state index contributed by atoms with van der Waals surface area (Å²) >= 11 is 0.968. The average Bonchev–Trinajstić information content (AvgIpc) is 2.95. The molecule has 44 heavy (non-hydrogen) atoms. The van der Waals surface area contributed by atoms with Gasteiger partial charge in [-0.1, -0.05) is 12.8 Å². The van der Waals surface area contributed by atoms with Gasteiger partial charge in [0.25, 0.3) is 5.91 Å². The first-order valence-corrected chi connectivity index (χ1v) is 14.7. The Morgan fingerprint density at radius 3 is 2.18 bits per heavy atom. The number of methoxy groups -OCH3 is 1. The topological polar surface area (TPSA) is 188 Å². The average molecular weight is 648 g/mol. The van der Waals surface area contributed by atoms with Crippen molar-refractivity contribution >= 4 is 47.5 Å². The van der Waals surface area contributed by atoms with Gasteiger partial charge in [-0.2, -0.15) is 0 Å². The maximum Gasteiger partial charge on any atom is 0.348 e. The maximum absolute atomic E-state index is 13.3. The fraction of sp³-hybridized carbons (Fsp3) is 0.714. The molecule has 0 unspecified atom stereocenters. The lowest BCUT2D eigenvalue weighted by atomic mass is 9.88. The van der Waals surface area contributed by atoms with E-state index in [1.807, 2.05) is 0 Å². The van der Waals surface area contributed by atoms with Gasteiger partial charge < -0.3 is 43.2 Å². The van der Waals surface area contributed by atoms with E-state index in [0.29, 0.717) is 0 Å². The molecule has 0 aliphatic carbocycles. The molecule has 1 N–H and O–H groups in total. The lowest BCUT2D eigenvalue weighted by Gasteiger charge is -2.48. The van der Waals surface area contributed by atoms with Crippen LogP contribution in [0.15, 0.2) is 0 Å². The summed E-state index contributed by atoms with van der Waals surface area (Å²) in [6, 6.07) is -1.28. The molecule has 1 saturated heterocycles. The Morgan fingerprint density at radius 1 is 0.977 bits per heavy atom. The third kappa shape index (κ3) is 13.1. The molecule has 0 bridgehead atoms. The summed E-state index contributed by atoms with van der Waals surface area (Å²) in [6.45, 7) is 6.20. The van der Waals surface area contributed by atoms with Gasteiger partial charge in [0.2, 0.25) is 4.93 Å². The normalized spacial score (nSPS) is 22.3. The van der Waals surface area contributed by atoms with Gasteiger partial charge in [-0.15, -0.1) is 18.2 Å². The van der Waals surface area contributed by atoms with Gasteiger partial charge in [0.05, 0.1) is 33.0 Å². The zero-order chi connectivity index (χ0) is 33.3. The van der Waals surface area contributed by atoms with Gasteiger partial charge in [0, 0.05) is 39.9 Å². The number of carbonyl (C=O) groups is 6. The van der Waals surface area contributed by atoms with Gasteiger partial charge in [-0.25, -0.2) is 4.79 Å². The zero-order valence-electron chi connectivity index (χ0n) is 25.7. The van der Waals surface area contributed by atoms with Crippen molar-refractivity contribution < 1.29 is 66.7 Å². The largest absolute Gasteiger partial charge is 0.466 e. The SMILES string of the molecule is C#CCOCCOCCS[C@@]1(C(=O)OC)C[C@H](OC(C)=O)[C@@H](NC(=O)COC(C)=O)[C@H]([C@H](OC(C)=O)[C@@H](CC)OC(C)=O)O1. The summed E-state index contributed by atoms with van der Waals surface area (Å²) in [6.07, 6.45) is -0.288. The highest BCUT2D eigenvalue weighted by atomic mass is 32.2. The van der Waals surface area contributed by atoms with Gasteiger partial charge in [0.1, 0.15) is 24.9 Å². The van der Waals surface area contributed by atoms with Crippen molar-refractivity contribution in [3.05, 3.63) is 0 Å². The van der Waals surface area contributed by atoms with E-state index in [4.69, 9.17) is 44.3 Å². The summed E-state index contributed by atoms with van der Waals surface area (Å²) in [5, 5.41) is 2.60. The molecule has 0 saturated carbocycles. The first-order chi connectivity index (χ1) is 20.8. The van der Waals surface area contributed by atoms with E-state index in [1.54, 1.807) is 6.92 Å². The minimum absolute atomic E-state index is 0.123. The number of hydrogen-bond donors (Lipinski definition) is 1. The number of carbonyl (C=O) groups excluding carboxylic acids is 6. The number of nitrogens with one attached hydrogen (secondary N) is 1. The molecule has 1 rings (SSSR count). The Morgan fingerprint density at radius 2 is 1.64 bits per heavy atom. The molecule has 16 heteroatoms. The molecule has 0 aromatic rings. The third-order valence-corrected chi connectivity index (χ3v) is 7.20. The van der Waals surface area contributed by atoms with Crippen LogP contribution in [0.3, 0.4) is 0 Å². The molecule has 0 aromatic carbocycles. The van der Waals surface area contributed by atoms with Crippen LogP contribution in [0.4, 0.5) is 0 Å². The van der Waals surface area contributed by atoms with Crippen molar-refractivity contribution in [2.75, 3.05) is 45.9 Å². The molecule has 248 valence electrons. The third-order valence-electron chi connectivity index (χ3n) is 5.93. The van der Waals surface area contributed by atoms with E-state index in [2.05, 4.69) is 11.2 Å². The molecule has 15 nitrogen and oxygen atoms in total. The Balaban J connectivity index is 3.58. The van der Waals surface area contributed by atoms with Crippen LogP contribution in [0.5, 0.6) is 0 Å². The quantitative estimate of drug-likeness (QED) is 0.0925. The Kier molecular flexibility index (Phi) is 17.4. The van der Waals surface area contributed by atoms with E-state index < -0.39 is 77.8 Å². The number of terminal acetylenes is 1. The summed E-state index contributed by atoms with van der Waals surface area (Å²) in [4.78, 5) is 72.1. The van der Waals surface area contributed by atoms with Crippen LogP contribution < -0.4 is 5.32 Å². The molecular weight excluding hydrogens is 606 g/mol. The highest BCUT2D eigenvalue weighted by molar-refractivity contribution is 8.01. The molecule has 1 aliphatic rings. The van der Waals surface area contributed by atoms with Crippen LogP contribution in [0.2, 0.25) is 0 Å². The van der Waals surface area contributed by atoms with Crippen molar-refractivity contribution in [3.8, 4) is 12.3 Å². The highest BCUT2D eigenvalue weighted by Crippen LogP contribution is 2.43. The van der Waals surface area contributed by atoms with E-state index in [9.17, 15) is 28.8 Å². The number of ether oxygens (including phenoxy) is 8. The minimum atomic E-state index is -1.87. The van der Waals surface area contributed by atoms with Crippen molar-refractivity contribution in [2.24, 2.45) is 0 Å². The van der Waals surface area contributed by atoms with Crippen LogP contribution in [0.25, 0.3) is 0 Å². The van der Waals surface area contributed by atoms with E-state index in [-0.39, 0.29) is 45.0 Å². The number of hydrogen-bond acceptors (Lipinski definition) is 15. The first-order valence-electron chi connectivity index (χ1n) is 13.7. The lowest BCUT2D eigenvalue weighted by Crippen LogP contribution is -2.68. The Hall–Kier alpha value is -3.39. The maximum atomic E-state index is 13.3. The fourth-order valence-electron chi connectivity index (χ4n) is 4.31. The molecule has 6 atom stereocenters. The van der Waals surface area contributed by atoms with Gasteiger partial charge in [-0.3, -0.25) is 24.0 Å². The van der Waals surface area contributed by atoms with Gasteiger partial charge in [-0.05, 0) is 6.42 Å². The summed E-state index contributed by atoms with van der Waals surface area (Å²) in [5.41, 5.74) is 0. The van der Waals surface area contributed by atoms with Crippen LogP contribution >= 0.6 is 11.8 Å². The number of rotatable bonds is 18. The number of amides is 1. The van der Waals surface area contributed by atoms with Crippen LogP contribution in [0.1, 0.15) is 47.5 Å². The second kappa shape index (κ2) is 19.8. The van der Waals surface area contributed by atoms with Gasteiger partial charge in [0.15, 0.2) is 12.7 Å². The molecule has 1 heterocycles. The standard InChI is InChI=1S/C28H41NO14S/c1-8-10-37-11-12-38-13-14-44-28(27(35)36-7)15-22(41-19(5)32)24(29-23(34)16-39-17(3)30)26(43-28)25(42-20(6)33)21(9-2)40-18(4)31/h1,21-22,24-26H,9-16H2,2-7H3,(H,29,34)/t21-,22+,24-,25-,26-,28-/m1/s1. The highest BCUT2D eigenvalue weighted by Gasteiger charge is 2.58. The predicted octanol–water partition coefficient (Wildman–Crippen LogP) is 0.297. The molecular formula is C28H41NO14S. The van der Waals surface area contributed by atoms with Crippen molar-refractivity contribution in [3.63, 3.8) is 0 Å². The second-order valence-electron chi connectivity index (χ2n) is 9.40. The molecule has 1 amide bonds. The summed E-state index contributed by atoms with van der Waals surface area (Å²) in [7, 11) is 1.13. The monoisotopic (exact) mass is 647 g/mol. The van der Waals surface area contributed by atoms with E-state index in [0.717, 1.165) is 46.6 Å². The molecule has 0 aromatic heterocycles. The van der Waals surface area contributed by atoms with Gasteiger partial charge >= 0.3 is 29.8 Å². The smallest absolute Gasteiger partial charge is 0.348 e. The van der Waals surface area contributed by atoms with Crippen molar-refractivity contribution in [2.45, 2.75) is 82.9 Å². The molecule has 0 radical (unpaired) electrons. The van der Waals surface area contributed by atoms with Crippen LogP contribution in [-0.4, -0.2) is 117 Å². The first kappa shape index (κ1) is 38.6. The Bertz CT molecular complexity index is 1050. The zero-order valence-corrected chi connectivity index (χ0v) is 26.6. The fourth-order valence-corrected chi connectivity index (χ4v) is 5.50. The summed E-state index contributed by atoms with van der Waals surface area (Å²) < 4.78 is 43.5. The number of esters is 5. The lowest BCUT2D eigenvalue weighted by molar-refractivity contribution is -0.221. The second-order valence-corrected chi connectivity index (χ2v) is 10.8. The van der Waals surface area contributed by atoms with Crippen LogP contribution in [0, 0.1) is 12.3 Å². The molecule has 1 fully saturated rings. The van der Waals surface area contributed by atoms with Crippen LogP contribution in [-0.2, 0) is 66.7 Å². The Labute approximate surface area is 260 Å². The van der Waals surface area contributed by atoms with Crippen molar-refractivity contribution in [1.29, 1.82) is 0 Å². The number of thioether (sulfide) groups is 1. The molecule has 1 aliphatic heterocycles. The van der Waals surface area contributed by atoms with Crippen molar-refractivity contribution in [1.82, 2.24) is 5.32 Å². The van der Waals surface area contributed by atoms with E-state index in [1.165, 1.54) is 0 Å². The molecule has 0 spiro atoms.